The quantitative estimate of drug-likeness (QED) is 0.353. The smallest absolute Gasteiger partial charge is 0.173 e. The van der Waals surface area contributed by atoms with Gasteiger partial charge in [0.1, 0.15) is 0 Å². The first-order chi connectivity index (χ1) is 11.7. The molecule has 4 aromatic rings. The van der Waals surface area contributed by atoms with Gasteiger partial charge in [-0.3, -0.25) is 0 Å². The van der Waals surface area contributed by atoms with Gasteiger partial charge in [-0.2, -0.15) is 8.78 Å². The summed E-state index contributed by atoms with van der Waals surface area (Å²) < 4.78 is 25.4. The standard InChI is InChI=1S/C22H14F2/c23-22(24)14-16-6-2-3-7-19(16)17-11-12-21-18(13-17)10-9-15-5-1-4-8-20(15)21/h1-14H. The second-order valence-electron chi connectivity index (χ2n) is 5.74. The minimum Gasteiger partial charge on any atom is -0.173 e. The van der Waals surface area contributed by atoms with E-state index in [1.807, 2.05) is 30.3 Å². The topological polar surface area (TPSA) is 0 Å². The van der Waals surface area contributed by atoms with Gasteiger partial charge in [0.25, 0.3) is 6.08 Å². The van der Waals surface area contributed by atoms with Crippen LogP contribution in [0, 0.1) is 0 Å². The average Bonchev–Trinajstić information content (AvgIpc) is 2.61. The molecule has 0 N–H and O–H groups in total. The second kappa shape index (κ2) is 5.89. The minimum absolute atomic E-state index is 0.526. The molecule has 0 spiro atoms. The van der Waals surface area contributed by atoms with Gasteiger partial charge in [-0.05, 0) is 44.3 Å². The molecule has 0 aliphatic rings. The SMILES string of the molecule is FC(F)=Cc1ccccc1-c1ccc2c(ccc3ccccc32)c1. The van der Waals surface area contributed by atoms with Gasteiger partial charge in [0, 0.05) is 6.08 Å². The normalized spacial score (nSPS) is 10.9. The van der Waals surface area contributed by atoms with Crippen LogP contribution in [-0.2, 0) is 0 Å². The predicted molar refractivity (Wildman–Crippen MR) is 97.1 cm³/mol. The zero-order valence-corrected chi connectivity index (χ0v) is 12.8. The lowest BCUT2D eigenvalue weighted by Gasteiger charge is -2.09. The summed E-state index contributed by atoms with van der Waals surface area (Å²) in [6.45, 7) is 0. The molecule has 4 rings (SSSR count). The van der Waals surface area contributed by atoms with Crippen LogP contribution < -0.4 is 0 Å². The maximum absolute atomic E-state index is 12.7. The molecule has 0 heterocycles. The van der Waals surface area contributed by atoms with Crippen LogP contribution in [0.15, 0.2) is 84.9 Å². The Morgan fingerprint density at radius 3 is 2.25 bits per heavy atom. The number of fused-ring (bicyclic) bond motifs is 3. The van der Waals surface area contributed by atoms with Crippen LogP contribution in [-0.4, -0.2) is 0 Å². The zero-order valence-electron chi connectivity index (χ0n) is 12.8. The van der Waals surface area contributed by atoms with Crippen molar-refractivity contribution in [2.24, 2.45) is 0 Å². The molecular weight excluding hydrogens is 302 g/mol. The van der Waals surface area contributed by atoms with Crippen molar-refractivity contribution < 1.29 is 8.78 Å². The summed E-state index contributed by atoms with van der Waals surface area (Å²) in [7, 11) is 0. The van der Waals surface area contributed by atoms with E-state index < -0.39 is 6.08 Å². The van der Waals surface area contributed by atoms with Crippen molar-refractivity contribution in [2.45, 2.75) is 0 Å². The van der Waals surface area contributed by atoms with Crippen LogP contribution in [0.4, 0.5) is 8.78 Å². The van der Waals surface area contributed by atoms with Crippen LogP contribution >= 0.6 is 0 Å². The lowest BCUT2D eigenvalue weighted by Crippen LogP contribution is -1.85. The van der Waals surface area contributed by atoms with Gasteiger partial charge in [-0.25, -0.2) is 0 Å². The molecule has 0 amide bonds. The molecule has 0 aliphatic heterocycles. The Morgan fingerprint density at radius 2 is 1.38 bits per heavy atom. The highest BCUT2D eigenvalue weighted by Gasteiger charge is 2.07. The molecule has 0 unspecified atom stereocenters. The summed E-state index contributed by atoms with van der Waals surface area (Å²) in [5.74, 6) is 0. The Bertz CT molecular complexity index is 1070. The molecular formula is C22H14F2. The molecule has 0 bridgehead atoms. The van der Waals surface area contributed by atoms with Crippen molar-refractivity contribution in [3.8, 4) is 11.1 Å². The molecule has 0 saturated carbocycles. The first-order valence-corrected chi connectivity index (χ1v) is 7.76. The molecule has 0 saturated heterocycles. The second-order valence-corrected chi connectivity index (χ2v) is 5.74. The molecule has 0 radical (unpaired) electrons. The van der Waals surface area contributed by atoms with Crippen molar-refractivity contribution in [2.75, 3.05) is 0 Å². The van der Waals surface area contributed by atoms with E-state index in [9.17, 15) is 8.78 Å². The van der Waals surface area contributed by atoms with E-state index in [2.05, 4.69) is 36.4 Å². The fourth-order valence-corrected chi connectivity index (χ4v) is 3.18. The summed E-state index contributed by atoms with van der Waals surface area (Å²) in [4.78, 5) is 0. The van der Waals surface area contributed by atoms with Crippen LogP contribution in [0.25, 0.3) is 38.7 Å². The zero-order chi connectivity index (χ0) is 16.5. The maximum atomic E-state index is 12.7. The van der Waals surface area contributed by atoms with E-state index in [-0.39, 0.29) is 0 Å². The van der Waals surface area contributed by atoms with E-state index in [1.54, 1.807) is 12.1 Å². The third-order valence-corrected chi connectivity index (χ3v) is 4.28. The molecule has 0 aromatic heterocycles. The van der Waals surface area contributed by atoms with Gasteiger partial charge >= 0.3 is 0 Å². The Kier molecular flexibility index (Phi) is 3.58. The van der Waals surface area contributed by atoms with Crippen molar-refractivity contribution in [3.63, 3.8) is 0 Å². The molecule has 116 valence electrons. The van der Waals surface area contributed by atoms with Crippen molar-refractivity contribution in [3.05, 3.63) is 90.5 Å². The van der Waals surface area contributed by atoms with E-state index >= 15 is 0 Å². The average molecular weight is 316 g/mol. The summed E-state index contributed by atoms with van der Waals surface area (Å²) >= 11 is 0. The van der Waals surface area contributed by atoms with E-state index in [4.69, 9.17) is 0 Å². The van der Waals surface area contributed by atoms with Crippen LogP contribution in [0.3, 0.4) is 0 Å². The maximum Gasteiger partial charge on any atom is 0.270 e. The summed E-state index contributed by atoms with van der Waals surface area (Å²) in [5.41, 5.74) is 2.27. The monoisotopic (exact) mass is 316 g/mol. The Morgan fingerprint density at radius 1 is 0.667 bits per heavy atom. The van der Waals surface area contributed by atoms with Gasteiger partial charge in [-0.1, -0.05) is 72.8 Å². The summed E-state index contributed by atoms with van der Waals surface area (Å²) in [6, 6.07) is 25.8. The van der Waals surface area contributed by atoms with E-state index in [0.717, 1.165) is 22.6 Å². The van der Waals surface area contributed by atoms with Gasteiger partial charge < -0.3 is 0 Å². The number of halogens is 2. The summed E-state index contributed by atoms with van der Waals surface area (Å²) in [6.07, 6.45) is -0.769. The molecule has 0 atom stereocenters. The molecule has 0 nitrogen and oxygen atoms in total. The van der Waals surface area contributed by atoms with Gasteiger partial charge in [-0.15, -0.1) is 0 Å². The number of hydrogen-bond donors (Lipinski definition) is 0. The molecule has 0 fully saturated rings. The van der Waals surface area contributed by atoms with Crippen LogP contribution in [0.1, 0.15) is 5.56 Å². The Labute approximate surface area is 138 Å². The highest BCUT2D eigenvalue weighted by atomic mass is 19.3. The lowest BCUT2D eigenvalue weighted by atomic mass is 9.95. The fraction of sp³-hybridized carbons (Fsp3) is 0. The Balaban J connectivity index is 1.94. The number of benzene rings is 4. The van der Waals surface area contributed by atoms with Gasteiger partial charge in [0.05, 0.1) is 0 Å². The third-order valence-electron chi connectivity index (χ3n) is 4.28. The van der Waals surface area contributed by atoms with Crippen LogP contribution in [0.2, 0.25) is 0 Å². The highest BCUT2D eigenvalue weighted by molar-refractivity contribution is 6.08. The number of rotatable bonds is 2. The highest BCUT2D eigenvalue weighted by Crippen LogP contribution is 2.31. The van der Waals surface area contributed by atoms with Crippen molar-refractivity contribution in [1.29, 1.82) is 0 Å². The first kappa shape index (κ1) is 14.6. The largest absolute Gasteiger partial charge is 0.270 e. The van der Waals surface area contributed by atoms with Gasteiger partial charge in [0.2, 0.25) is 0 Å². The van der Waals surface area contributed by atoms with Crippen LogP contribution in [0.5, 0.6) is 0 Å². The Hall–Kier alpha value is -3.00. The molecule has 2 heteroatoms. The molecule has 24 heavy (non-hydrogen) atoms. The summed E-state index contributed by atoms with van der Waals surface area (Å²) in [5, 5.41) is 4.66. The predicted octanol–water partition coefficient (Wildman–Crippen LogP) is 6.90. The van der Waals surface area contributed by atoms with Gasteiger partial charge in [0.15, 0.2) is 0 Å². The minimum atomic E-state index is -1.69. The van der Waals surface area contributed by atoms with Crippen molar-refractivity contribution in [1.82, 2.24) is 0 Å². The molecule has 0 aliphatic carbocycles. The first-order valence-electron chi connectivity index (χ1n) is 7.76. The van der Waals surface area contributed by atoms with E-state index in [0.29, 0.717) is 5.56 Å². The lowest BCUT2D eigenvalue weighted by molar-refractivity contribution is 0.429. The fourth-order valence-electron chi connectivity index (χ4n) is 3.18. The van der Waals surface area contributed by atoms with E-state index in [1.165, 1.54) is 16.2 Å². The molecule has 4 aromatic carbocycles. The third kappa shape index (κ3) is 2.56. The number of hydrogen-bond acceptors (Lipinski definition) is 0. The van der Waals surface area contributed by atoms with Crippen molar-refractivity contribution >= 4 is 27.6 Å².